The van der Waals surface area contributed by atoms with Crippen molar-refractivity contribution in [3.05, 3.63) is 53.1 Å². The van der Waals surface area contributed by atoms with E-state index in [0.29, 0.717) is 11.4 Å². The van der Waals surface area contributed by atoms with Gasteiger partial charge < -0.3 is 16.2 Å². The van der Waals surface area contributed by atoms with Crippen LogP contribution in [0.2, 0.25) is 0 Å². The standard InChI is InChI=1S/C19H25N3O/c1-23-18-12-14(11-15-5-4-6-17(20)19(15)21)7-8-16(18)13-22-9-2-3-10-22/h4-8,12H,2-3,9-11,13,20-21H2,1H3. The molecule has 4 nitrogen and oxygen atoms in total. The summed E-state index contributed by atoms with van der Waals surface area (Å²) < 4.78 is 5.61. The Balaban J connectivity index is 1.79. The largest absolute Gasteiger partial charge is 0.496 e. The van der Waals surface area contributed by atoms with Crippen molar-refractivity contribution in [2.75, 3.05) is 31.7 Å². The van der Waals surface area contributed by atoms with Gasteiger partial charge in [0.05, 0.1) is 18.5 Å². The van der Waals surface area contributed by atoms with Gasteiger partial charge >= 0.3 is 0 Å². The van der Waals surface area contributed by atoms with Gasteiger partial charge in [0.15, 0.2) is 0 Å². The van der Waals surface area contributed by atoms with Crippen LogP contribution in [-0.2, 0) is 13.0 Å². The summed E-state index contributed by atoms with van der Waals surface area (Å²) >= 11 is 0. The Labute approximate surface area is 138 Å². The summed E-state index contributed by atoms with van der Waals surface area (Å²) in [6, 6.07) is 12.3. The average Bonchev–Trinajstić information content (AvgIpc) is 3.06. The molecule has 1 saturated heterocycles. The van der Waals surface area contributed by atoms with Crippen molar-refractivity contribution in [2.24, 2.45) is 0 Å². The zero-order chi connectivity index (χ0) is 16.2. The lowest BCUT2D eigenvalue weighted by molar-refractivity contribution is 0.321. The Kier molecular flexibility index (Phi) is 4.72. The number of nitrogens with two attached hydrogens (primary N) is 2. The molecule has 122 valence electrons. The lowest BCUT2D eigenvalue weighted by Crippen LogP contribution is -2.18. The highest BCUT2D eigenvalue weighted by molar-refractivity contribution is 5.67. The first-order valence-electron chi connectivity index (χ1n) is 8.18. The second kappa shape index (κ2) is 6.92. The van der Waals surface area contributed by atoms with Crippen molar-refractivity contribution in [3.8, 4) is 5.75 Å². The number of methoxy groups -OCH3 is 1. The molecule has 4 heteroatoms. The van der Waals surface area contributed by atoms with Crippen LogP contribution >= 0.6 is 0 Å². The van der Waals surface area contributed by atoms with Crippen molar-refractivity contribution in [3.63, 3.8) is 0 Å². The maximum absolute atomic E-state index is 6.08. The summed E-state index contributed by atoms with van der Waals surface area (Å²) in [5, 5.41) is 0. The number of para-hydroxylation sites is 1. The third-order valence-electron chi connectivity index (χ3n) is 4.57. The number of likely N-dealkylation sites (tertiary alicyclic amines) is 1. The van der Waals surface area contributed by atoms with Gasteiger partial charge in [-0.05, 0) is 55.6 Å². The Morgan fingerprint density at radius 3 is 2.57 bits per heavy atom. The molecule has 1 aliphatic heterocycles. The molecule has 23 heavy (non-hydrogen) atoms. The molecule has 0 unspecified atom stereocenters. The Hall–Kier alpha value is -2.20. The van der Waals surface area contributed by atoms with Gasteiger partial charge in [0.2, 0.25) is 0 Å². The summed E-state index contributed by atoms with van der Waals surface area (Å²) in [5.74, 6) is 0.955. The zero-order valence-electron chi connectivity index (χ0n) is 13.7. The number of nitrogens with zero attached hydrogens (tertiary/aromatic N) is 1. The summed E-state index contributed by atoms with van der Waals surface area (Å²) in [5.41, 5.74) is 16.8. The molecule has 0 radical (unpaired) electrons. The van der Waals surface area contributed by atoms with Crippen LogP contribution in [0.1, 0.15) is 29.5 Å². The van der Waals surface area contributed by atoms with Gasteiger partial charge in [-0.15, -0.1) is 0 Å². The minimum absolute atomic E-state index is 0.639. The van der Waals surface area contributed by atoms with E-state index in [1.54, 1.807) is 7.11 Å². The SMILES string of the molecule is COc1cc(Cc2cccc(N)c2N)ccc1CN1CCCC1. The highest BCUT2D eigenvalue weighted by atomic mass is 16.5. The maximum Gasteiger partial charge on any atom is 0.123 e. The normalized spacial score (nSPS) is 15.0. The average molecular weight is 311 g/mol. The zero-order valence-corrected chi connectivity index (χ0v) is 13.7. The van der Waals surface area contributed by atoms with E-state index in [-0.39, 0.29) is 0 Å². The molecular formula is C19H25N3O. The third kappa shape index (κ3) is 3.59. The van der Waals surface area contributed by atoms with Crippen LogP contribution < -0.4 is 16.2 Å². The Morgan fingerprint density at radius 2 is 1.83 bits per heavy atom. The van der Waals surface area contributed by atoms with Gasteiger partial charge in [-0.2, -0.15) is 0 Å². The topological polar surface area (TPSA) is 64.5 Å². The first kappa shape index (κ1) is 15.7. The van der Waals surface area contributed by atoms with Crippen LogP contribution in [0.4, 0.5) is 11.4 Å². The molecule has 0 aromatic heterocycles. The van der Waals surface area contributed by atoms with Gasteiger partial charge in [-0.1, -0.05) is 24.3 Å². The number of nitrogen functional groups attached to an aromatic ring is 2. The van der Waals surface area contributed by atoms with E-state index in [1.807, 2.05) is 18.2 Å². The van der Waals surface area contributed by atoms with E-state index in [4.69, 9.17) is 16.2 Å². The highest BCUT2D eigenvalue weighted by Crippen LogP contribution is 2.27. The molecule has 4 N–H and O–H groups in total. The van der Waals surface area contributed by atoms with Crippen LogP contribution in [0.5, 0.6) is 5.75 Å². The molecule has 0 atom stereocenters. The molecule has 0 aliphatic carbocycles. The molecule has 1 heterocycles. The van der Waals surface area contributed by atoms with Crippen LogP contribution in [0.15, 0.2) is 36.4 Å². The molecule has 0 spiro atoms. The number of hydrogen-bond donors (Lipinski definition) is 2. The van der Waals surface area contributed by atoms with Crippen LogP contribution in [0, 0.1) is 0 Å². The summed E-state index contributed by atoms with van der Waals surface area (Å²) in [6.45, 7) is 3.33. The fraction of sp³-hybridized carbons (Fsp3) is 0.368. The fourth-order valence-corrected chi connectivity index (χ4v) is 3.22. The lowest BCUT2D eigenvalue weighted by Gasteiger charge is -2.18. The molecule has 0 bridgehead atoms. The van der Waals surface area contributed by atoms with Gasteiger partial charge in [0.25, 0.3) is 0 Å². The Bertz CT molecular complexity index is 678. The molecule has 2 aromatic rings. The molecular weight excluding hydrogens is 286 g/mol. The smallest absolute Gasteiger partial charge is 0.123 e. The van der Waals surface area contributed by atoms with E-state index in [0.717, 1.165) is 24.3 Å². The van der Waals surface area contributed by atoms with Crippen LogP contribution in [0.3, 0.4) is 0 Å². The van der Waals surface area contributed by atoms with Gasteiger partial charge in [-0.3, -0.25) is 4.90 Å². The van der Waals surface area contributed by atoms with Crippen molar-refractivity contribution in [1.82, 2.24) is 4.90 Å². The quantitative estimate of drug-likeness (QED) is 0.833. The number of ether oxygens (including phenoxy) is 1. The van der Waals surface area contributed by atoms with Gasteiger partial charge in [0.1, 0.15) is 5.75 Å². The fourth-order valence-electron chi connectivity index (χ4n) is 3.22. The minimum Gasteiger partial charge on any atom is -0.496 e. The van der Waals surface area contributed by atoms with Gasteiger partial charge in [0, 0.05) is 12.1 Å². The molecule has 2 aromatic carbocycles. The van der Waals surface area contributed by atoms with E-state index < -0.39 is 0 Å². The molecule has 0 amide bonds. The van der Waals surface area contributed by atoms with E-state index in [9.17, 15) is 0 Å². The first-order chi connectivity index (χ1) is 11.2. The second-order valence-electron chi connectivity index (χ2n) is 6.23. The molecule has 1 aliphatic rings. The van der Waals surface area contributed by atoms with Crippen molar-refractivity contribution in [1.29, 1.82) is 0 Å². The molecule has 1 fully saturated rings. The number of anilines is 2. The van der Waals surface area contributed by atoms with Gasteiger partial charge in [-0.25, -0.2) is 0 Å². The van der Waals surface area contributed by atoms with E-state index >= 15 is 0 Å². The van der Waals surface area contributed by atoms with E-state index in [1.165, 1.54) is 37.1 Å². The monoisotopic (exact) mass is 311 g/mol. The van der Waals surface area contributed by atoms with Crippen molar-refractivity contribution < 1.29 is 4.74 Å². The number of hydrogen-bond acceptors (Lipinski definition) is 4. The maximum atomic E-state index is 6.08. The summed E-state index contributed by atoms with van der Waals surface area (Å²) in [6.07, 6.45) is 3.36. The molecule has 3 rings (SSSR count). The van der Waals surface area contributed by atoms with Crippen molar-refractivity contribution in [2.45, 2.75) is 25.8 Å². The Morgan fingerprint density at radius 1 is 1.04 bits per heavy atom. The van der Waals surface area contributed by atoms with E-state index in [2.05, 4.69) is 23.1 Å². The lowest BCUT2D eigenvalue weighted by atomic mass is 10.0. The predicted molar refractivity (Wildman–Crippen MR) is 95.6 cm³/mol. The van der Waals surface area contributed by atoms with Crippen LogP contribution in [-0.4, -0.2) is 25.1 Å². The summed E-state index contributed by atoms with van der Waals surface area (Å²) in [4.78, 5) is 2.48. The molecule has 0 saturated carbocycles. The van der Waals surface area contributed by atoms with Crippen LogP contribution in [0.25, 0.3) is 0 Å². The first-order valence-corrected chi connectivity index (χ1v) is 8.18. The van der Waals surface area contributed by atoms with Crippen molar-refractivity contribution >= 4 is 11.4 Å². The second-order valence-corrected chi connectivity index (χ2v) is 6.23. The highest BCUT2D eigenvalue weighted by Gasteiger charge is 2.14. The number of rotatable bonds is 5. The summed E-state index contributed by atoms with van der Waals surface area (Å²) in [7, 11) is 1.74. The predicted octanol–water partition coefficient (Wildman–Crippen LogP) is 3.05. The third-order valence-corrected chi connectivity index (χ3v) is 4.57. The number of benzene rings is 2. The minimum atomic E-state index is 0.639.